The Labute approximate surface area is 151 Å². The lowest BCUT2D eigenvalue weighted by Gasteiger charge is -2.36. The van der Waals surface area contributed by atoms with Gasteiger partial charge in [-0.1, -0.05) is 32.0 Å². The molecule has 0 aromatic heterocycles. The lowest BCUT2D eigenvalue weighted by molar-refractivity contribution is -0.136. The minimum absolute atomic E-state index is 0.0396. The number of amides is 2. The molecule has 0 spiro atoms. The molecule has 0 saturated carbocycles. The molecular formula is C20H31N3O2. The third-order valence-corrected chi connectivity index (χ3v) is 4.93. The van der Waals surface area contributed by atoms with Crippen molar-refractivity contribution < 1.29 is 9.59 Å². The third kappa shape index (κ3) is 5.05. The zero-order valence-electron chi connectivity index (χ0n) is 15.8. The van der Waals surface area contributed by atoms with Gasteiger partial charge in [0, 0.05) is 18.7 Å². The third-order valence-electron chi connectivity index (χ3n) is 4.93. The number of hydrogen-bond acceptors (Lipinski definition) is 3. The molecule has 2 amide bonds. The van der Waals surface area contributed by atoms with Crippen LogP contribution in [0.25, 0.3) is 0 Å². The van der Waals surface area contributed by atoms with Gasteiger partial charge in [0.1, 0.15) is 6.04 Å². The van der Waals surface area contributed by atoms with Crippen molar-refractivity contribution in [1.82, 2.24) is 15.5 Å². The van der Waals surface area contributed by atoms with Crippen LogP contribution in [-0.2, 0) is 4.79 Å². The smallest absolute Gasteiger partial charge is 0.252 e. The van der Waals surface area contributed by atoms with Crippen LogP contribution < -0.4 is 10.6 Å². The number of nitrogens with one attached hydrogen (secondary N) is 2. The molecule has 2 rings (SSSR count). The molecule has 1 aromatic rings. The van der Waals surface area contributed by atoms with E-state index in [0.29, 0.717) is 11.5 Å². The number of rotatable bonds is 6. The van der Waals surface area contributed by atoms with Gasteiger partial charge in [-0.15, -0.1) is 0 Å². The molecule has 1 aliphatic heterocycles. The average Bonchev–Trinajstić information content (AvgIpc) is 2.59. The molecule has 1 heterocycles. The predicted octanol–water partition coefficient (Wildman–Crippen LogP) is 2.21. The van der Waals surface area contributed by atoms with Crippen LogP contribution in [-0.4, -0.2) is 49.4 Å². The molecule has 5 nitrogen and oxygen atoms in total. The molecule has 1 aromatic carbocycles. The highest BCUT2D eigenvalue weighted by atomic mass is 16.2. The van der Waals surface area contributed by atoms with Gasteiger partial charge in [-0.25, -0.2) is 0 Å². The molecule has 0 aliphatic carbocycles. The fourth-order valence-electron chi connectivity index (χ4n) is 3.48. The van der Waals surface area contributed by atoms with E-state index in [1.807, 2.05) is 50.9 Å². The van der Waals surface area contributed by atoms with Gasteiger partial charge < -0.3 is 15.5 Å². The van der Waals surface area contributed by atoms with Crippen molar-refractivity contribution >= 4 is 11.8 Å². The van der Waals surface area contributed by atoms with Gasteiger partial charge in [0.2, 0.25) is 5.91 Å². The van der Waals surface area contributed by atoms with Crippen LogP contribution >= 0.6 is 0 Å². The van der Waals surface area contributed by atoms with Gasteiger partial charge in [0.05, 0.1) is 0 Å². The second-order valence-corrected chi connectivity index (χ2v) is 7.36. The van der Waals surface area contributed by atoms with Crippen LogP contribution in [0.5, 0.6) is 0 Å². The first kappa shape index (κ1) is 19.4. The summed E-state index contributed by atoms with van der Waals surface area (Å²) in [5, 5.41) is 6.17. The van der Waals surface area contributed by atoms with Crippen molar-refractivity contribution in [2.75, 3.05) is 26.7 Å². The summed E-state index contributed by atoms with van der Waals surface area (Å²) in [7, 11) is 1.94. The predicted molar refractivity (Wildman–Crippen MR) is 101 cm³/mol. The molecule has 1 fully saturated rings. The van der Waals surface area contributed by atoms with Crippen molar-refractivity contribution in [3.8, 4) is 0 Å². The summed E-state index contributed by atoms with van der Waals surface area (Å²) in [4.78, 5) is 27.6. The van der Waals surface area contributed by atoms with Crippen molar-refractivity contribution in [2.45, 2.75) is 39.7 Å². The van der Waals surface area contributed by atoms with E-state index < -0.39 is 6.04 Å². The van der Waals surface area contributed by atoms with E-state index >= 15 is 0 Å². The lowest BCUT2D eigenvalue weighted by atomic mass is 9.95. The molecule has 2 unspecified atom stereocenters. The van der Waals surface area contributed by atoms with E-state index in [2.05, 4.69) is 10.6 Å². The van der Waals surface area contributed by atoms with Crippen molar-refractivity contribution in [1.29, 1.82) is 0 Å². The van der Waals surface area contributed by atoms with Gasteiger partial charge in [-0.05, 0) is 56.8 Å². The summed E-state index contributed by atoms with van der Waals surface area (Å²) in [5.41, 5.74) is 1.55. The minimum Gasteiger partial charge on any atom is -0.341 e. The monoisotopic (exact) mass is 345 g/mol. The molecule has 2 N–H and O–H groups in total. The van der Waals surface area contributed by atoms with Crippen LogP contribution in [0.15, 0.2) is 24.3 Å². The van der Waals surface area contributed by atoms with Crippen LogP contribution in [0.1, 0.15) is 42.6 Å². The molecule has 0 bridgehead atoms. The summed E-state index contributed by atoms with van der Waals surface area (Å²) in [6, 6.07) is 6.98. The maximum Gasteiger partial charge on any atom is 0.252 e. The van der Waals surface area contributed by atoms with E-state index in [9.17, 15) is 9.59 Å². The van der Waals surface area contributed by atoms with Gasteiger partial charge in [0.25, 0.3) is 5.91 Å². The quantitative estimate of drug-likeness (QED) is 0.831. The first-order valence-electron chi connectivity index (χ1n) is 9.24. The Morgan fingerprint density at radius 1 is 1.28 bits per heavy atom. The number of hydrogen-bond donors (Lipinski definition) is 2. The molecule has 1 saturated heterocycles. The Balaban J connectivity index is 2.08. The van der Waals surface area contributed by atoms with E-state index in [0.717, 1.165) is 38.0 Å². The fourth-order valence-corrected chi connectivity index (χ4v) is 3.48. The van der Waals surface area contributed by atoms with Crippen molar-refractivity contribution in [2.24, 2.45) is 11.8 Å². The maximum absolute atomic E-state index is 13.0. The zero-order valence-corrected chi connectivity index (χ0v) is 15.8. The van der Waals surface area contributed by atoms with E-state index in [1.165, 1.54) is 0 Å². The summed E-state index contributed by atoms with van der Waals surface area (Å²) in [5.74, 6) is 0.402. The van der Waals surface area contributed by atoms with Gasteiger partial charge in [-0.2, -0.15) is 0 Å². The minimum atomic E-state index is -0.486. The number of aryl methyl sites for hydroxylation is 1. The van der Waals surface area contributed by atoms with Gasteiger partial charge in [-0.3, -0.25) is 9.59 Å². The van der Waals surface area contributed by atoms with Crippen LogP contribution in [0, 0.1) is 18.8 Å². The number of carbonyl (C=O) groups excluding carboxylic acids is 2. The zero-order chi connectivity index (χ0) is 18.4. The second-order valence-electron chi connectivity index (χ2n) is 7.36. The Morgan fingerprint density at radius 3 is 2.64 bits per heavy atom. The Kier molecular flexibility index (Phi) is 7.00. The van der Waals surface area contributed by atoms with E-state index in [1.54, 1.807) is 6.07 Å². The molecule has 5 heteroatoms. The lowest BCUT2D eigenvalue weighted by Crippen LogP contribution is -2.54. The molecule has 138 valence electrons. The number of piperidine rings is 1. The summed E-state index contributed by atoms with van der Waals surface area (Å²) in [6.07, 6.45) is 2.17. The van der Waals surface area contributed by atoms with Crippen molar-refractivity contribution in [3.05, 3.63) is 35.4 Å². The van der Waals surface area contributed by atoms with Crippen LogP contribution in [0.2, 0.25) is 0 Å². The van der Waals surface area contributed by atoms with Crippen LogP contribution in [0.3, 0.4) is 0 Å². The largest absolute Gasteiger partial charge is 0.341 e. The Bertz CT molecular complexity index is 598. The number of benzene rings is 1. The molecule has 1 aliphatic rings. The normalized spacial score (nSPS) is 18.9. The number of carbonyl (C=O) groups is 2. The Morgan fingerprint density at radius 2 is 2.00 bits per heavy atom. The molecule has 25 heavy (non-hydrogen) atoms. The first-order chi connectivity index (χ1) is 11.9. The number of likely N-dealkylation sites (tertiary alicyclic amines) is 1. The molecular weight excluding hydrogens is 314 g/mol. The highest BCUT2D eigenvalue weighted by Crippen LogP contribution is 2.18. The highest BCUT2D eigenvalue weighted by molar-refractivity contribution is 5.98. The average molecular weight is 345 g/mol. The van der Waals surface area contributed by atoms with Gasteiger partial charge in [0.15, 0.2) is 0 Å². The molecule has 2 atom stereocenters. The van der Waals surface area contributed by atoms with E-state index in [-0.39, 0.29) is 17.7 Å². The highest BCUT2D eigenvalue weighted by Gasteiger charge is 2.31. The first-order valence-corrected chi connectivity index (χ1v) is 9.24. The summed E-state index contributed by atoms with van der Waals surface area (Å²) in [6.45, 7) is 8.34. The number of nitrogens with zero attached hydrogens (tertiary/aromatic N) is 1. The topological polar surface area (TPSA) is 61.4 Å². The van der Waals surface area contributed by atoms with Crippen molar-refractivity contribution in [3.63, 3.8) is 0 Å². The summed E-state index contributed by atoms with van der Waals surface area (Å²) < 4.78 is 0. The maximum atomic E-state index is 13.0. The van der Waals surface area contributed by atoms with E-state index in [4.69, 9.17) is 0 Å². The summed E-state index contributed by atoms with van der Waals surface area (Å²) >= 11 is 0. The second kappa shape index (κ2) is 8.99. The standard InChI is InChI=1S/C20H31N3O2/c1-14(2)18(22-19(24)17-10-6-5-8-15(17)3)20(25)23-11-7-9-16(13-23)12-21-4/h5-6,8,10,14,16,18,21H,7,9,11-13H2,1-4H3,(H,22,24). The SMILES string of the molecule is CNCC1CCCN(C(=O)C(NC(=O)c2ccccc2C)C(C)C)C1. The molecule has 0 radical (unpaired) electrons. The van der Waals surface area contributed by atoms with Gasteiger partial charge >= 0.3 is 0 Å². The fraction of sp³-hybridized carbons (Fsp3) is 0.600. The van der Waals surface area contributed by atoms with Crippen LogP contribution in [0.4, 0.5) is 0 Å². The Hall–Kier alpha value is -1.88.